The Morgan fingerprint density at radius 1 is 1.26 bits per heavy atom. The Morgan fingerprint density at radius 2 is 1.95 bits per heavy atom. The summed E-state index contributed by atoms with van der Waals surface area (Å²) in [6.45, 7) is 11.6. The topological polar surface area (TPSA) is 15.3 Å². The van der Waals surface area contributed by atoms with Crippen LogP contribution in [0.5, 0.6) is 0 Å². The second-order valence-corrected chi connectivity index (χ2v) is 7.15. The maximum atomic E-state index is 3.82. The van der Waals surface area contributed by atoms with E-state index in [1.807, 2.05) is 11.3 Å². The number of hydrogen-bond donors (Lipinski definition) is 1. The highest BCUT2D eigenvalue weighted by Gasteiger charge is 2.22. The molecule has 0 amide bonds. The van der Waals surface area contributed by atoms with Gasteiger partial charge in [0, 0.05) is 27.9 Å². The lowest BCUT2D eigenvalue weighted by Crippen LogP contribution is -2.45. The van der Waals surface area contributed by atoms with Crippen LogP contribution >= 0.6 is 11.3 Å². The number of likely N-dealkylation sites (tertiary alicyclic amines) is 1. The van der Waals surface area contributed by atoms with Crippen LogP contribution in [0.4, 0.5) is 0 Å². The first kappa shape index (κ1) is 15.0. The van der Waals surface area contributed by atoms with E-state index >= 15 is 0 Å². The molecule has 1 unspecified atom stereocenters. The molecule has 3 heteroatoms. The molecule has 0 aromatic carbocycles. The molecule has 0 aliphatic carbocycles. The summed E-state index contributed by atoms with van der Waals surface area (Å²) in [5, 5.41) is 3.82. The van der Waals surface area contributed by atoms with Gasteiger partial charge < -0.3 is 10.2 Å². The zero-order valence-corrected chi connectivity index (χ0v) is 13.6. The van der Waals surface area contributed by atoms with Crippen LogP contribution in [-0.2, 0) is 6.42 Å². The maximum Gasteiger partial charge on any atom is 0.0388 e. The maximum absolute atomic E-state index is 3.82. The Hall–Kier alpha value is -0.380. The molecule has 0 saturated carbocycles. The SMILES string of the molecule is CCc1ccc(C(C)NC2CCN(C(C)C)CC2)s1. The van der Waals surface area contributed by atoms with E-state index in [-0.39, 0.29) is 0 Å². The molecule has 0 bridgehead atoms. The fourth-order valence-corrected chi connectivity index (χ4v) is 3.80. The van der Waals surface area contributed by atoms with Crippen molar-refractivity contribution in [2.24, 2.45) is 0 Å². The summed E-state index contributed by atoms with van der Waals surface area (Å²) in [6.07, 6.45) is 3.73. The zero-order chi connectivity index (χ0) is 13.8. The minimum absolute atomic E-state index is 0.501. The van der Waals surface area contributed by atoms with Crippen LogP contribution in [0.1, 0.15) is 56.3 Å². The Balaban J connectivity index is 1.82. The normalized spacial score (nSPS) is 20.1. The summed E-state index contributed by atoms with van der Waals surface area (Å²) in [6, 6.07) is 6.46. The van der Waals surface area contributed by atoms with E-state index in [0.29, 0.717) is 18.1 Å². The Morgan fingerprint density at radius 3 is 2.47 bits per heavy atom. The van der Waals surface area contributed by atoms with Crippen molar-refractivity contribution in [2.45, 2.75) is 65.1 Å². The van der Waals surface area contributed by atoms with Crippen molar-refractivity contribution >= 4 is 11.3 Å². The zero-order valence-electron chi connectivity index (χ0n) is 12.8. The number of hydrogen-bond acceptors (Lipinski definition) is 3. The predicted molar refractivity (Wildman–Crippen MR) is 85.0 cm³/mol. The lowest BCUT2D eigenvalue weighted by molar-refractivity contribution is 0.157. The van der Waals surface area contributed by atoms with Gasteiger partial charge in [-0.15, -0.1) is 11.3 Å². The third kappa shape index (κ3) is 4.04. The van der Waals surface area contributed by atoms with Gasteiger partial charge in [-0.1, -0.05) is 6.92 Å². The average molecular weight is 280 g/mol. The molecule has 0 spiro atoms. The second-order valence-electron chi connectivity index (χ2n) is 5.95. The van der Waals surface area contributed by atoms with Gasteiger partial charge in [0.2, 0.25) is 0 Å². The first-order valence-corrected chi connectivity index (χ1v) is 8.50. The molecular formula is C16H28N2S. The number of nitrogens with one attached hydrogen (secondary N) is 1. The number of nitrogens with zero attached hydrogens (tertiary/aromatic N) is 1. The Bertz CT molecular complexity index is 378. The highest BCUT2D eigenvalue weighted by molar-refractivity contribution is 7.12. The fraction of sp³-hybridized carbons (Fsp3) is 0.750. The van der Waals surface area contributed by atoms with E-state index in [2.05, 4.69) is 50.0 Å². The highest BCUT2D eigenvalue weighted by atomic mass is 32.1. The number of rotatable bonds is 5. The molecule has 0 radical (unpaired) electrons. The lowest BCUT2D eigenvalue weighted by atomic mass is 10.0. The van der Waals surface area contributed by atoms with Crippen LogP contribution in [0.15, 0.2) is 12.1 Å². The minimum atomic E-state index is 0.501. The van der Waals surface area contributed by atoms with Crippen LogP contribution in [0.25, 0.3) is 0 Å². The second kappa shape index (κ2) is 6.87. The van der Waals surface area contributed by atoms with Crippen molar-refractivity contribution in [2.75, 3.05) is 13.1 Å². The summed E-state index contributed by atoms with van der Waals surface area (Å²) in [7, 11) is 0. The van der Waals surface area contributed by atoms with Gasteiger partial charge in [0.1, 0.15) is 0 Å². The average Bonchev–Trinajstić information content (AvgIpc) is 2.88. The summed E-state index contributed by atoms with van der Waals surface area (Å²) in [4.78, 5) is 5.57. The molecule has 1 aliphatic rings. The smallest absolute Gasteiger partial charge is 0.0388 e. The molecule has 1 atom stereocenters. The van der Waals surface area contributed by atoms with E-state index in [1.165, 1.54) is 35.7 Å². The molecule has 1 saturated heterocycles. The molecular weight excluding hydrogens is 252 g/mol. The van der Waals surface area contributed by atoms with Crippen LogP contribution in [-0.4, -0.2) is 30.1 Å². The highest BCUT2D eigenvalue weighted by Crippen LogP contribution is 2.25. The van der Waals surface area contributed by atoms with Crippen molar-refractivity contribution < 1.29 is 0 Å². The van der Waals surface area contributed by atoms with Crippen LogP contribution in [0, 0.1) is 0 Å². The summed E-state index contributed by atoms with van der Waals surface area (Å²) >= 11 is 1.96. The van der Waals surface area contributed by atoms with Gasteiger partial charge >= 0.3 is 0 Å². The van der Waals surface area contributed by atoms with Gasteiger partial charge in [0.25, 0.3) is 0 Å². The van der Waals surface area contributed by atoms with Gasteiger partial charge in [0.05, 0.1) is 0 Å². The van der Waals surface area contributed by atoms with Crippen molar-refractivity contribution in [3.8, 4) is 0 Å². The first-order chi connectivity index (χ1) is 9.10. The standard InChI is InChI=1S/C16H28N2S/c1-5-15-6-7-16(19-15)13(4)17-14-8-10-18(11-9-14)12(2)3/h6-7,12-14,17H,5,8-11H2,1-4H3. The Labute approximate surface area is 122 Å². The molecule has 1 fully saturated rings. The van der Waals surface area contributed by atoms with Crippen molar-refractivity contribution in [1.82, 2.24) is 10.2 Å². The van der Waals surface area contributed by atoms with Crippen molar-refractivity contribution in [3.05, 3.63) is 21.9 Å². The molecule has 2 heterocycles. The third-order valence-corrected chi connectivity index (χ3v) is 5.62. The van der Waals surface area contributed by atoms with E-state index in [9.17, 15) is 0 Å². The van der Waals surface area contributed by atoms with Gasteiger partial charge in [0.15, 0.2) is 0 Å². The monoisotopic (exact) mass is 280 g/mol. The number of aryl methyl sites for hydroxylation is 1. The minimum Gasteiger partial charge on any atom is -0.307 e. The number of piperidine rings is 1. The summed E-state index contributed by atoms with van der Waals surface area (Å²) in [5.74, 6) is 0. The van der Waals surface area contributed by atoms with Gasteiger partial charge in [-0.25, -0.2) is 0 Å². The van der Waals surface area contributed by atoms with E-state index < -0.39 is 0 Å². The van der Waals surface area contributed by atoms with Crippen LogP contribution in [0.2, 0.25) is 0 Å². The van der Waals surface area contributed by atoms with E-state index in [4.69, 9.17) is 0 Å². The van der Waals surface area contributed by atoms with Crippen molar-refractivity contribution in [3.63, 3.8) is 0 Å². The predicted octanol–water partition coefficient (Wildman–Crippen LogP) is 3.83. The molecule has 2 nitrogen and oxygen atoms in total. The van der Waals surface area contributed by atoms with E-state index in [1.54, 1.807) is 0 Å². The molecule has 1 aromatic heterocycles. The van der Waals surface area contributed by atoms with Gasteiger partial charge in [-0.2, -0.15) is 0 Å². The third-order valence-electron chi connectivity index (χ3n) is 4.20. The van der Waals surface area contributed by atoms with E-state index in [0.717, 1.165) is 6.42 Å². The summed E-state index contributed by atoms with van der Waals surface area (Å²) < 4.78 is 0. The molecule has 108 valence electrons. The largest absolute Gasteiger partial charge is 0.307 e. The Kier molecular flexibility index (Phi) is 5.43. The van der Waals surface area contributed by atoms with Crippen LogP contribution < -0.4 is 5.32 Å². The van der Waals surface area contributed by atoms with Gasteiger partial charge in [-0.3, -0.25) is 0 Å². The molecule has 2 rings (SSSR count). The fourth-order valence-electron chi connectivity index (χ4n) is 2.84. The molecule has 19 heavy (non-hydrogen) atoms. The van der Waals surface area contributed by atoms with Crippen molar-refractivity contribution in [1.29, 1.82) is 0 Å². The summed E-state index contributed by atoms with van der Waals surface area (Å²) in [5.41, 5.74) is 0. The quantitative estimate of drug-likeness (QED) is 0.881. The lowest BCUT2D eigenvalue weighted by Gasteiger charge is -2.36. The van der Waals surface area contributed by atoms with Crippen LogP contribution in [0.3, 0.4) is 0 Å². The molecule has 1 aromatic rings. The number of thiophene rings is 1. The first-order valence-electron chi connectivity index (χ1n) is 7.68. The van der Waals surface area contributed by atoms with Gasteiger partial charge in [-0.05, 0) is 65.3 Å². The molecule has 1 aliphatic heterocycles. The molecule has 1 N–H and O–H groups in total.